The molecule has 0 aliphatic carbocycles. The number of thioether (sulfide) groups is 1. The number of thiol groups is 1. The van der Waals surface area contributed by atoms with Crippen LogP contribution in [0.1, 0.15) is 30.4 Å². The van der Waals surface area contributed by atoms with Crippen molar-refractivity contribution in [1.29, 1.82) is 0 Å². The molecule has 0 saturated carbocycles. The number of rotatable bonds is 10. The zero-order valence-electron chi connectivity index (χ0n) is 11.6. The molecule has 112 valence electrons. The summed E-state index contributed by atoms with van der Waals surface area (Å²) in [7, 11) is 0. The molecule has 0 unspecified atom stereocenters. The number of hydrogen-bond donors (Lipinski definition) is 2. The van der Waals surface area contributed by atoms with Gasteiger partial charge in [-0.15, -0.1) is 0 Å². The molecule has 3 nitrogen and oxygen atoms in total. The largest absolute Gasteiger partial charge is 0.466 e. The van der Waals surface area contributed by atoms with Gasteiger partial charge in [0.25, 0.3) is 0 Å². The van der Waals surface area contributed by atoms with Gasteiger partial charge in [0.05, 0.1) is 13.0 Å². The molecule has 1 N–H and O–H groups in total. The number of aliphatic hydroxyl groups excluding tert-OH is 1. The van der Waals surface area contributed by atoms with Crippen molar-refractivity contribution in [3.63, 3.8) is 0 Å². The van der Waals surface area contributed by atoms with Crippen molar-refractivity contribution in [3.05, 3.63) is 35.4 Å². The summed E-state index contributed by atoms with van der Waals surface area (Å²) in [6.07, 6.45) is 1.85. The monoisotopic (exact) mass is 314 g/mol. The van der Waals surface area contributed by atoms with Crippen LogP contribution in [-0.2, 0) is 21.0 Å². The average Bonchev–Trinajstić information content (AvgIpc) is 2.48. The summed E-state index contributed by atoms with van der Waals surface area (Å²) in [5.74, 6) is 2.27. The first-order chi connectivity index (χ1) is 9.76. The van der Waals surface area contributed by atoms with Crippen molar-refractivity contribution >= 4 is 30.4 Å². The Morgan fingerprint density at radius 1 is 1.30 bits per heavy atom. The normalized spacial score (nSPS) is 10.5. The Bertz CT molecular complexity index is 396. The number of aliphatic hydroxyl groups is 1. The van der Waals surface area contributed by atoms with Gasteiger partial charge in [-0.25, -0.2) is 0 Å². The van der Waals surface area contributed by atoms with E-state index in [2.05, 4.69) is 30.8 Å². The van der Waals surface area contributed by atoms with E-state index < -0.39 is 0 Å². The van der Waals surface area contributed by atoms with Gasteiger partial charge >= 0.3 is 5.97 Å². The van der Waals surface area contributed by atoms with E-state index in [9.17, 15) is 4.79 Å². The van der Waals surface area contributed by atoms with Crippen molar-refractivity contribution in [2.75, 3.05) is 19.0 Å². The molecule has 0 amide bonds. The van der Waals surface area contributed by atoms with Gasteiger partial charge in [-0.3, -0.25) is 4.79 Å². The highest BCUT2D eigenvalue weighted by Gasteiger charge is 2.03. The summed E-state index contributed by atoms with van der Waals surface area (Å²) in [5.41, 5.74) is 2.48. The van der Waals surface area contributed by atoms with Crippen LogP contribution in [0.4, 0.5) is 0 Å². The van der Waals surface area contributed by atoms with Gasteiger partial charge in [-0.2, -0.15) is 24.4 Å². The van der Waals surface area contributed by atoms with Crippen molar-refractivity contribution in [1.82, 2.24) is 0 Å². The van der Waals surface area contributed by atoms with Crippen LogP contribution >= 0.6 is 24.4 Å². The third kappa shape index (κ3) is 7.82. The van der Waals surface area contributed by atoms with E-state index in [-0.39, 0.29) is 12.6 Å². The molecule has 0 aromatic heterocycles. The SMILES string of the molecule is O=C(CCSCc1cccc(CS)c1)OCCCCO. The van der Waals surface area contributed by atoms with Gasteiger partial charge in [-0.05, 0) is 24.0 Å². The number of ether oxygens (including phenoxy) is 1. The quantitative estimate of drug-likeness (QED) is 0.396. The molecule has 1 aromatic carbocycles. The number of carbonyl (C=O) groups excluding carboxylic acids is 1. The minimum atomic E-state index is -0.153. The number of esters is 1. The van der Waals surface area contributed by atoms with Crippen LogP contribution in [0.15, 0.2) is 24.3 Å². The fourth-order valence-corrected chi connectivity index (χ4v) is 2.70. The maximum atomic E-state index is 11.4. The maximum Gasteiger partial charge on any atom is 0.306 e. The lowest BCUT2D eigenvalue weighted by Crippen LogP contribution is -2.07. The first-order valence-corrected chi connectivity index (χ1v) is 8.58. The summed E-state index contributed by atoms with van der Waals surface area (Å²) < 4.78 is 5.06. The van der Waals surface area contributed by atoms with Crippen LogP contribution in [0.25, 0.3) is 0 Å². The second-order valence-corrected chi connectivity index (χ2v) is 5.85. The smallest absolute Gasteiger partial charge is 0.306 e. The van der Waals surface area contributed by atoms with E-state index in [1.807, 2.05) is 6.07 Å². The first-order valence-electron chi connectivity index (χ1n) is 6.79. The van der Waals surface area contributed by atoms with Crippen LogP contribution in [0.2, 0.25) is 0 Å². The molecular weight excluding hydrogens is 292 g/mol. The third-order valence-corrected chi connectivity index (χ3v) is 4.10. The Morgan fingerprint density at radius 3 is 2.85 bits per heavy atom. The molecule has 0 spiro atoms. The summed E-state index contributed by atoms with van der Waals surface area (Å²) in [4.78, 5) is 11.4. The topological polar surface area (TPSA) is 46.5 Å². The van der Waals surface area contributed by atoms with E-state index in [0.29, 0.717) is 19.4 Å². The molecule has 0 saturated heterocycles. The second kappa shape index (κ2) is 11.1. The van der Waals surface area contributed by atoms with Crippen molar-refractivity contribution in [2.24, 2.45) is 0 Å². The van der Waals surface area contributed by atoms with Crippen LogP contribution in [0.3, 0.4) is 0 Å². The summed E-state index contributed by atoms with van der Waals surface area (Å²) in [6, 6.07) is 8.34. The highest BCUT2D eigenvalue weighted by atomic mass is 32.2. The number of unbranched alkanes of at least 4 members (excludes halogenated alkanes) is 1. The van der Waals surface area contributed by atoms with Gasteiger partial charge in [0.15, 0.2) is 0 Å². The zero-order valence-corrected chi connectivity index (χ0v) is 13.3. The predicted molar refractivity (Wildman–Crippen MR) is 87.2 cm³/mol. The highest BCUT2D eigenvalue weighted by molar-refractivity contribution is 7.98. The summed E-state index contributed by atoms with van der Waals surface area (Å²) in [6.45, 7) is 0.562. The Labute approximate surface area is 130 Å². The lowest BCUT2D eigenvalue weighted by molar-refractivity contribution is -0.143. The molecule has 0 fully saturated rings. The Balaban J connectivity index is 2.10. The van der Waals surface area contributed by atoms with E-state index in [4.69, 9.17) is 9.84 Å². The van der Waals surface area contributed by atoms with Crippen LogP contribution in [-0.4, -0.2) is 30.0 Å². The van der Waals surface area contributed by atoms with Crippen molar-refractivity contribution in [3.8, 4) is 0 Å². The number of benzene rings is 1. The fourth-order valence-electron chi connectivity index (χ4n) is 1.64. The summed E-state index contributed by atoms with van der Waals surface area (Å²) in [5, 5.41) is 8.60. The Morgan fingerprint density at radius 2 is 2.10 bits per heavy atom. The van der Waals surface area contributed by atoms with Crippen molar-refractivity contribution < 1.29 is 14.6 Å². The molecule has 0 atom stereocenters. The van der Waals surface area contributed by atoms with E-state index in [1.165, 1.54) is 11.1 Å². The number of carbonyl (C=O) groups is 1. The minimum Gasteiger partial charge on any atom is -0.466 e. The van der Waals surface area contributed by atoms with Gasteiger partial charge in [0.1, 0.15) is 0 Å². The molecule has 5 heteroatoms. The van der Waals surface area contributed by atoms with Crippen LogP contribution in [0, 0.1) is 0 Å². The molecule has 0 aliphatic heterocycles. The van der Waals surface area contributed by atoms with E-state index in [0.717, 1.165) is 23.7 Å². The Hall–Kier alpha value is -0.650. The molecule has 20 heavy (non-hydrogen) atoms. The average molecular weight is 314 g/mol. The van der Waals surface area contributed by atoms with Gasteiger partial charge in [-0.1, -0.05) is 24.3 Å². The van der Waals surface area contributed by atoms with Gasteiger partial charge < -0.3 is 9.84 Å². The third-order valence-electron chi connectivity index (χ3n) is 2.71. The van der Waals surface area contributed by atoms with E-state index >= 15 is 0 Å². The first kappa shape index (κ1) is 17.4. The number of hydrogen-bond acceptors (Lipinski definition) is 5. The molecule has 0 aliphatic rings. The predicted octanol–water partition coefficient (Wildman–Crippen LogP) is 3.06. The maximum absolute atomic E-state index is 11.4. The van der Waals surface area contributed by atoms with Crippen LogP contribution in [0.5, 0.6) is 0 Å². The van der Waals surface area contributed by atoms with Crippen LogP contribution < -0.4 is 0 Å². The molecule has 1 rings (SSSR count). The van der Waals surface area contributed by atoms with Gasteiger partial charge in [0.2, 0.25) is 0 Å². The molecule has 1 aromatic rings. The molecule has 0 radical (unpaired) electrons. The molecular formula is C15H22O3S2. The minimum absolute atomic E-state index is 0.152. The summed E-state index contributed by atoms with van der Waals surface area (Å²) >= 11 is 5.99. The standard InChI is InChI=1S/C15H22O3S2/c16-7-1-2-8-18-15(17)6-9-20-12-14-5-3-4-13(10-14)11-19/h3-5,10,16,19H,1-2,6-9,11-12H2. The van der Waals surface area contributed by atoms with Crippen molar-refractivity contribution in [2.45, 2.75) is 30.8 Å². The molecule has 0 bridgehead atoms. The fraction of sp³-hybridized carbons (Fsp3) is 0.533. The molecule has 0 heterocycles. The Kier molecular flexibility index (Phi) is 9.62. The zero-order chi connectivity index (χ0) is 14.6. The lowest BCUT2D eigenvalue weighted by Gasteiger charge is -2.05. The highest BCUT2D eigenvalue weighted by Crippen LogP contribution is 2.15. The second-order valence-electron chi connectivity index (χ2n) is 4.43. The van der Waals surface area contributed by atoms with Gasteiger partial charge in [0, 0.05) is 23.9 Å². The lowest BCUT2D eigenvalue weighted by atomic mass is 10.2. The van der Waals surface area contributed by atoms with E-state index in [1.54, 1.807) is 11.8 Å².